The minimum absolute atomic E-state index is 0.735. The van der Waals surface area contributed by atoms with Crippen molar-refractivity contribution in [1.29, 1.82) is 0 Å². The van der Waals surface area contributed by atoms with E-state index in [1.807, 2.05) is 0 Å². The lowest BCUT2D eigenvalue weighted by Crippen LogP contribution is -2.62. The Labute approximate surface area is 142 Å². The normalized spacial score (nSPS) is 34.8. The standard InChI is InChI=1S/C13H25NO11/c1-14-12(23)9(21)8(20)11(4(17)2-15)25-13-10(22)7(19)6(18)5(3-16)24-13/h4-11,13,15-22H,2-3H2,1H3,(H,14,23)/t4-,5-,6+,7+,8-,9-,10-,11-,13+/m0/s1. The van der Waals surface area contributed by atoms with Gasteiger partial charge in [-0.3, -0.25) is 4.79 Å². The van der Waals surface area contributed by atoms with Crippen LogP contribution in [0.25, 0.3) is 0 Å². The van der Waals surface area contributed by atoms with Gasteiger partial charge in [0.1, 0.15) is 42.7 Å². The van der Waals surface area contributed by atoms with Crippen LogP contribution in [0, 0.1) is 0 Å². The van der Waals surface area contributed by atoms with E-state index in [1.54, 1.807) is 0 Å². The zero-order valence-electron chi connectivity index (χ0n) is 13.4. The molecule has 0 aromatic rings. The number of amides is 1. The average molecular weight is 371 g/mol. The molecule has 9 atom stereocenters. The molecular weight excluding hydrogens is 346 g/mol. The molecule has 0 spiro atoms. The summed E-state index contributed by atoms with van der Waals surface area (Å²) in [4.78, 5) is 11.4. The van der Waals surface area contributed by atoms with Crippen molar-refractivity contribution in [2.75, 3.05) is 20.3 Å². The maximum atomic E-state index is 11.4. The molecule has 12 heteroatoms. The molecule has 0 radical (unpaired) electrons. The average Bonchev–Trinajstić information content (AvgIpc) is 2.63. The molecule has 1 amide bonds. The van der Waals surface area contributed by atoms with E-state index in [0.29, 0.717) is 0 Å². The van der Waals surface area contributed by atoms with Crippen LogP contribution in [0.2, 0.25) is 0 Å². The highest BCUT2D eigenvalue weighted by Gasteiger charge is 2.47. The molecule has 0 bridgehead atoms. The van der Waals surface area contributed by atoms with Crippen LogP contribution >= 0.6 is 0 Å². The Kier molecular flexibility index (Phi) is 8.56. The summed E-state index contributed by atoms with van der Waals surface area (Å²) < 4.78 is 10.2. The SMILES string of the molecule is CNC(=O)[C@@H](O)[C@H](O)[C@@H](O[C@H]1O[C@@H](CO)[C@@H](O)[C@@H](O)[C@@H]1O)[C@@H](O)CO. The Bertz CT molecular complexity index is 423. The Morgan fingerprint density at radius 3 is 2.20 bits per heavy atom. The summed E-state index contributed by atoms with van der Waals surface area (Å²) in [5.74, 6) is -1.000. The number of hydrogen-bond acceptors (Lipinski definition) is 11. The van der Waals surface area contributed by atoms with E-state index in [2.05, 4.69) is 5.32 Å². The van der Waals surface area contributed by atoms with Gasteiger partial charge in [-0.1, -0.05) is 0 Å². The Hall–Kier alpha value is -0.930. The lowest BCUT2D eigenvalue weighted by Gasteiger charge is -2.42. The molecule has 9 N–H and O–H groups in total. The summed E-state index contributed by atoms with van der Waals surface area (Å²) in [6.07, 6.45) is -16.0. The molecule has 0 aromatic heterocycles. The molecule has 0 unspecified atom stereocenters. The molecule has 0 aromatic carbocycles. The fourth-order valence-electron chi connectivity index (χ4n) is 2.32. The monoisotopic (exact) mass is 371 g/mol. The molecule has 1 rings (SSSR count). The lowest BCUT2D eigenvalue weighted by molar-refractivity contribution is -0.326. The van der Waals surface area contributed by atoms with Crippen LogP contribution in [0.4, 0.5) is 0 Å². The molecule has 25 heavy (non-hydrogen) atoms. The second-order valence-electron chi connectivity index (χ2n) is 5.60. The van der Waals surface area contributed by atoms with Gasteiger partial charge >= 0.3 is 0 Å². The van der Waals surface area contributed by atoms with E-state index in [-0.39, 0.29) is 0 Å². The summed E-state index contributed by atoms with van der Waals surface area (Å²) >= 11 is 0. The first kappa shape index (κ1) is 22.1. The highest BCUT2D eigenvalue weighted by molar-refractivity contribution is 5.80. The van der Waals surface area contributed by atoms with Crippen molar-refractivity contribution in [3.8, 4) is 0 Å². The number of aliphatic hydroxyl groups excluding tert-OH is 8. The predicted octanol–water partition coefficient (Wildman–Crippen LogP) is -6.01. The summed E-state index contributed by atoms with van der Waals surface area (Å²) in [5.41, 5.74) is 0. The lowest BCUT2D eigenvalue weighted by atomic mass is 9.98. The van der Waals surface area contributed by atoms with Gasteiger partial charge in [-0.25, -0.2) is 0 Å². The summed E-state index contributed by atoms with van der Waals surface area (Å²) in [6, 6.07) is 0. The fraction of sp³-hybridized carbons (Fsp3) is 0.923. The Balaban J connectivity index is 2.95. The number of ether oxygens (including phenoxy) is 2. The van der Waals surface area contributed by atoms with Gasteiger partial charge < -0.3 is 55.6 Å². The summed E-state index contributed by atoms with van der Waals surface area (Å²) in [6.45, 7) is -1.67. The van der Waals surface area contributed by atoms with Gasteiger partial charge in [0.2, 0.25) is 0 Å². The number of carbonyl (C=O) groups excluding carboxylic acids is 1. The van der Waals surface area contributed by atoms with Crippen LogP contribution in [-0.4, -0.2) is 122 Å². The first-order valence-electron chi connectivity index (χ1n) is 7.52. The molecule has 1 heterocycles. The molecular formula is C13H25NO11. The van der Waals surface area contributed by atoms with Gasteiger partial charge in [-0.05, 0) is 0 Å². The first-order valence-corrected chi connectivity index (χ1v) is 7.52. The number of hydrogen-bond donors (Lipinski definition) is 9. The van der Waals surface area contributed by atoms with Crippen LogP contribution in [-0.2, 0) is 14.3 Å². The van der Waals surface area contributed by atoms with E-state index in [0.717, 1.165) is 0 Å². The number of likely N-dealkylation sites (N-methyl/N-ethyl adjacent to an activating group) is 1. The third-order valence-electron chi connectivity index (χ3n) is 3.88. The number of nitrogens with one attached hydrogen (secondary N) is 1. The van der Waals surface area contributed by atoms with Crippen molar-refractivity contribution in [2.45, 2.75) is 55.1 Å². The first-order chi connectivity index (χ1) is 11.7. The molecule has 12 nitrogen and oxygen atoms in total. The molecule has 1 fully saturated rings. The summed E-state index contributed by atoms with van der Waals surface area (Å²) in [7, 11) is 1.19. The van der Waals surface area contributed by atoms with Gasteiger partial charge in [0.25, 0.3) is 5.91 Å². The quantitative estimate of drug-likeness (QED) is 0.196. The van der Waals surface area contributed by atoms with Gasteiger partial charge in [-0.15, -0.1) is 0 Å². The van der Waals surface area contributed by atoms with Crippen LogP contribution in [0.1, 0.15) is 0 Å². The smallest absolute Gasteiger partial charge is 0.251 e. The van der Waals surface area contributed by atoms with Crippen LogP contribution in [0.15, 0.2) is 0 Å². The molecule has 0 aliphatic carbocycles. The molecule has 148 valence electrons. The predicted molar refractivity (Wildman–Crippen MR) is 77.8 cm³/mol. The third kappa shape index (κ3) is 5.04. The summed E-state index contributed by atoms with van der Waals surface area (Å²) in [5, 5.41) is 79.0. The van der Waals surface area contributed by atoms with E-state index >= 15 is 0 Å². The minimum atomic E-state index is -2.04. The molecule has 1 aliphatic heterocycles. The zero-order valence-corrected chi connectivity index (χ0v) is 13.4. The Morgan fingerprint density at radius 2 is 1.72 bits per heavy atom. The molecule has 1 aliphatic rings. The fourth-order valence-corrected chi connectivity index (χ4v) is 2.32. The van der Waals surface area contributed by atoms with E-state index in [9.17, 15) is 35.4 Å². The molecule has 0 saturated carbocycles. The topological polar surface area (TPSA) is 209 Å². The van der Waals surface area contributed by atoms with Crippen LogP contribution in [0.3, 0.4) is 0 Å². The van der Waals surface area contributed by atoms with Crippen molar-refractivity contribution in [3.63, 3.8) is 0 Å². The third-order valence-corrected chi connectivity index (χ3v) is 3.88. The van der Waals surface area contributed by atoms with Crippen molar-refractivity contribution in [2.24, 2.45) is 0 Å². The van der Waals surface area contributed by atoms with Crippen molar-refractivity contribution >= 4 is 5.91 Å². The minimum Gasteiger partial charge on any atom is -0.394 e. The second-order valence-corrected chi connectivity index (χ2v) is 5.60. The Morgan fingerprint density at radius 1 is 1.12 bits per heavy atom. The maximum absolute atomic E-state index is 11.4. The van der Waals surface area contributed by atoms with Crippen molar-refractivity contribution in [3.05, 3.63) is 0 Å². The van der Waals surface area contributed by atoms with E-state index in [4.69, 9.17) is 19.7 Å². The van der Waals surface area contributed by atoms with E-state index in [1.165, 1.54) is 7.05 Å². The van der Waals surface area contributed by atoms with Gasteiger partial charge in [0.05, 0.1) is 13.2 Å². The zero-order chi connectivity index (χ0) is 19.3. The molecule has 1 saturated heterocycles. The van der Waals surface area contributed by atoms with Gasteiger partial charge in [0, 0.05) is 7.05 Å². The maximum Gasteiger partial charge on any atom is 0.251 e. The number of aliphatic hydroxyl groups is 8. The van der Waals surface area contributed by atoms with Crippen LogP contribution in [0.5, 0.6) is 0 Å². The largest absolute Gasteiger partial charge is 0.394 e. The van der Waals surface area contributed by atoms with E-state index < -0.39 is 74.2 Å². The number of carbonyl (C=O) groups is 1. The highest BCUT2D eigenvalue weighted by atomic mass is 16.7. The second kappa shape index (κ2) is 9.68. The van der Waals surface area contributed by atoms with Gasteiger partial charge in [-0.2, -0.15) is 0 Å². The van der Waals surface area contributed by atoms with Crippen molar-refractivity contribution in [1.82, 2.24) is 5.32 Å². The van der Waals surface area contributed by atoms with Gasteiger partial charge in [0.15, 0.2) is 12.4 Å². The van der Waals surface area contributed by atoms with Crippen molar-refractivity contribution < 1.29 is 55.1 Å². The number of rotatable bonds is 8. The van der Waals surface area contributed by atoms with Crippen LogP contribution < -0.4 is 5.32 Å². The highest BCUT2D eigenvalue weighted by Crippen LogP contribution is 2.24.